The van der Waals surface area contributed by atoms with Gasteiger partial charge in [-0.25, -0.2) is 4.98 Å². The Morgan fingerprint density at radius 3 is 2.85 bits per heavy atom. The summed E-state index contributed by atoms with van der Waals surface area (Å²) >= 11 is 0. The van der Waals surface area contributed by atoms with Crippen LogP contribution in [0.15, 0.2) is 18.3 Å². The number of rotatable bonds is 5. The monoisotopic (exact) mass is 180 g/mol. The minimum atomic E-state index is 0.267. The summed E-state index contributed by atoms with van der Waals surface area (Å²) in [7, 11) is 0. The molecule has 0 aliphatic carbocycles. The molecule has 0 amide bonds. The molecule has 13 heavy (non-hydrogen) atoms. The Hall–Kier alpha value is -1.09. The molecule has 0 fully saturated rings. The van der Waals surface area contributed by atoms with Gasteiger partial charge in [0.25, 0.3) is 0 Å². The fourth-order valence-corrected chi connectivity index (χ4v) is 1.03. The molecule has 0 aliphatic heterocycles. The lowest BCUT2D eigenvalue weighted by Gasteiger charge is -2.04. The van der Waals surface area contributed by atoms with Crippen LogP contribution in [0.25, 0.3) is 0 Å². The number of aliphatic hydroxyl groups is 1. The average molecular weight is 180 g/mol. The van der Waals surface area contributed by atoms with E-state index in [1.54, 1.807) is 0 Å². The predicted octanol–water partition coefficient (Wildman–Crippen LogP) is 1.57. The molecule has 0 saturated carbocycles. The van der Waals surface area contributed by atoms with E-state index in [0.717, 1.165) is 25.2 Å². The van der Waals surface area contributed by atoms with Crippen LogP contribution in [0.4, 0.5) is 5.82 Å². The van der Waals surface area contributed by atoms with Crippen LogP contribution in [0.1, 0.15) is 18.4 Å². The maximum Gasteiger partial charge on any atom is 0.125 e. The first-order valence-corrected chi connectivity index (χ1v) is 4.60. The van der Waals surface area contributed by atoms with E-state index < -0.39 is 0 Å². The molecule has 3 heteroatoms. The maximum absolute atomic E-state index is 8.56. The zero-order chi connectivity index (χ0) is 9.52. The van der Waals surface area contributed by atoms with Crippen molar-refractivity contribution in [1.82, 2.24) is 4.98 Å². The summed E-state index contributed by atoms with van der Waals surface area (Å²) in [5.41, 5.74) is 1.17. The van der Waals surface area contributed by atoms with Crippen molar-refractivity contribution >= 4 is 5.82 Å². The summed E-state index contributed by atoms with van der Waals surface area (Å²) in [6.07, 6.45) is 3.67. The third-order valence-electron chi connectivity index (χ3n) is 1.80. The number of aryl methyl sites for hydroxylation is 1. The molecular formula is C10H16N2O. The topological polar surface area (TPSA) is 45.1 Å². The van der Waals surface area contributed by atoms with Crippen molar-refractivity contribution in [3.05, 3.63) is 23.9 Å². The summed E-state index contributed by atoms with van der Waals surface area (Å²) < 4.78 is 0. The van der Waals surface area contributed by atoms with Crippen molar-refractivity contribution in [2.75, 3.05) is 18.5 Å². The summed E-state index contributed by atoms with van der Waals surface area (Å²) in [5, 5.41) is 11.7. The Bertz CT molecular complexity index is 233. The van der Waals surface area contributed by atoms with Crippen LogP contribution < -0.4 is 5.32 Å². The molecule has 0 spiro atoms. The van der Waals surface area contributed by atoms with Gasteiger partial charge in [-0.1, -0.05) is 6.07 Å². The number of unbranched alkanes of at least 4 members (excludes halogenated alkanes) is 1. The van der Waals surface area contributed by atoms with Crippen LogP contribution in [-0.4, -0.2) is 23.2 Å². The number of pyridine rings is 1. The van der Waals surface area contributed by atoms with E-state index in [1.165, 1.54) is 5.56 Å². The first-order chi connectivity index (χ1) is 6.33. The van der Waals surface area contributed by atoms with Crippen molar-refractivity contribution in [1.29, 1.82) is 0 Å². The largest absolute Gasteiger partial charge is 0.396 e. The van der Waals surface area contributed by atoms with Gasteiger partial charge in [0, 0.05) is 19.3 Å². The van der Waals surface area contributed by atoms with Gasteiger partial charge < -0.3 is 10.4 Å². The second kappa shape index (κ2) is 5.54. The van der Waals surface area contributed by atoms with Crippen molar-refractivity contribution < 1.29 is 5.11 Å². The van der Waals surface area contributed by atoms with Gasteiger partial charge >= 0.3 is 0 Å². The van der Waals surface area contributed by atoms with Crippen LogP contribution >= 0.6 is 0 Å². The second-order valence-corrected chi connectivity index (χ2v) is 3.08. The molecule has 0 bridgehead atoms. The highest BCUT2D eigenvalue weighted by molar-refractivity contribution is 5.34. The van der Waals surface area contributed by atoms with Crippen LogP contribution in [0.5, 0.6) is 0 Å². The van der Waals surface area contributed by atoms with E-state index in [-0.39, 0.29) is 6.61 Å². The van der Waals surface area contributed by atoms with E-state index >= 15 is 0 Å². The lowest BCUT2D eigenvalue weighted by atomic mass is 10.3. The highest BCUT2D eigenvalue weighted by Gasteiger charge is 1.91. The summed E-state index contributed by atoms with van der Waals surface area (Å²) in [4.78, 5) is 4.20. The number of nitrogens with zero attached hydrogens (tertiary/aromatic N) is 1. The molecule has 1 aromatic rings. The van der Waals surface area contributed by atoms with E-state index in [2.05, 4.69) is 10.3 Å². The first kappa shape index (κ1) is 9.99. The number of hydrogen-bond donors (Lipinski definition) is 2. The van der Waals surface area contributed by atoms with Crippen molar-refractivity contribution in [3.8, 4) is 0 Å². The molecule has 0 aromatic carbocycles. The minimum Gasteiger partial charge on any atom is -0.396 e. The molecule has 0 aliphatic rings. The molecule has 0 atom stereocenters. The van der Waals surface area contributed by atoms with Gasteiger partial charge in [-0.15, -0.1) is 0 Å². The van der Waals surface area contributed by atoms with Crippen LogP contribution in [0.2, 0.25) is 0 Å². The maximum atomic E-state index is 8.56. The summed E-state index contributed by atoms with van der Waals surface area (Å²) in [5.74, 6) is 0.906. The highest BCUT2D eigenvalue weighted by Crippen LogP contribution is 2.03. The van der Waals surface area contributed by atoms with Crippen molar-refractivity contribution in [2.45, 2.75) is 19.8 Å². The smallest absolute Gasteiger partial charge is 0.125 e. The fraction of sp³-hybridized carbons (Fsp3) is 0.500. The Morgan fingerprint density at radius 1 is 1.38 bits per heavy atom. The van der Waals surface area contributed by atoms with Crippen LogP contribution in [-0.2, 0) is 0 Å². The van der Waals surface area contributed by atoms with Gasteiger partial charge in [0.15, 0.2) is 0 Å². The molecule has 0 saturated heterocycles. The number of anilines is 1. The average Bonchev–Trinajstić information content (AvgIpc) is 2.15. The quantitative estimate of drug-likeness (QED) is 0.676. The normalized spacial score (nSPS) is 10.0. The molecular weight excluding hydrogens is 164 g/mol. The van der Waals surface area contributed by atoms with Crippen molar-refractivity contribution in [3.63, 3.8) is 0 Å². The summed E-state index contributed by atoms with van der Waals surface area (Å²) in [6, 6.07) is 4.00. The number of aromatic nitrogens is 1. The predicted molar refractivity (Wildman–Crippen MR) is 53.8 cm³/mol. The molecule has 72 valence electrons. The Kier molecular flexibility index (Phi) is 4.26. The molecule has 1 heterocycles. The molecule has 1 rings (SSSR count). The number of aliphatic hydroxyl groups excluding tert-OH is 1. The molecule has 3 nitrogen and oxygen atoms in total. The van der Waals surface area contributed by atoms with E-state index in [9.17, 15) is 0 Å². The second-order valence-electron chi connectivity index (χ2n) is 3.08. The fourth-order valence-electron chi connectivity index (χ4n) is 1.03. The minimum absolute atomic E-state index is 0.267. The Labute approximate surface area is 78.8 Å². The third kappa shape index (κ3) is 3.90. The number of hydrogen-bond acceptors (Lipinski definition) is 3. The SMILES string of the molecule is Cc1ccc(NCCCCO)nc1. The highest BCUT2D eigenvalue weighted by atomic mass is 16.2. The van der Waals surface area contributed by atoms with E-state index in [4.69, 9.17) is 5.11 Å². The van der Waals surface area contributed by atoms with Gasteiger partial charge in [0.05, 0.1) is 0 Å². The third-order valence-corrected chi connectivity index (χ3v) is 1.80. The lowest BCUT2D eigenvalue weighted by molar-refractivity contribution is 0.286. The van der Waals surface area contributed by atoms with Crippen LogP contribution in [0, 0.1) is 6.92 Å². The van der Waals surface area contributed by atoms with E-state index in [1.807, 2.05) is 25.3 Å². The zero-order valence-corrected chi connectivity index (χ0v) is 7.95. The Balaban J connectivity index is 2.25. The zero-order valence-electron chi connectivity index (χ0n) is 7.95. The van der Waals surface area contributed by atoms with E-state index in [0.29, 0.717) is 0 Å². The lowest BCUT2D eigenvalue weighted by Crippen LogP contribution is -2.03. The summed E-state index contributed by atoms with van der Waals surface area (Å²) in [6.45, 7) is 3.15. The molecule has 1 aromatic heterocycles. The van der Waals surface area contributed by atoms with Gasteiger partial charge in [-0.05, 0) is 31.4 Å². The standard InChI is InChI=1S/C10H16N2O/c1-9-4-5-10(12-8-9)11-6-2-3-7-13/h4-5,8,13H,2-3,6-7H2,1H3,(H,11,12). The molecule has 0 unspecified atom stereocenters. The van der Waals surface area contributed by atoms with Gasteiger partial charge in [-0.2, -0.15) is 0 Å². The van der Waals surface area contributed by atoms with Gasteiger partial charge in [0.1, 0.15) is 5.82 Å². The first-order valence-electron chi connectivity index (χ1n) is 4.60. The van der Waals surface area contributed by atoms with Crippen molar-refractivity contribution in [2.24, 2.45) is 0 Å². The van der Waals surface area contributed by atoms with Crippen LogP contribution in [0.3, 0.4) is 0 Å². The molecule has 2 N–H and O–H groups in total. The Morgan fingerprint density at radius 2 is 2.23 bits per heavy atom. The van der Waals surface area contributed by atoms with Gasteiger partial charge in [-0.3, -0.25) is 0 Å². The molecule has 0 radical (unpaired) electrons. The number of nitrogens with one attached hydrogen (secondary N) is 1. The van der Waals surface area contributed by atoms with Gasteiger partial charge in [0.2, 0.25) is 0 Å².